The molecule has 22 heavy (non-hydrogen) atoms. The normalized spacial score (nSPS) is 24.9. The van der Waals surface area contributed by atoms with E-state index in [9.17, 15) is 10.2 Å². The average molecular weight is 303 g/mol. The third kappa shape index (κ3) is 2.87. The minimum atomic E-state index is -0.126. The molecule has 0 amide bonds. The van der Waals surface area contributed by atoms with Crippen LogP contribution in [0.3, 0.4) is 0 Å². The fourth-order valence-corrected chi connectivity index (χ4v) is 4.16. The fraction of sp³-hybridized carbons (Fsp3) is 0.579. The molecule has 1 aliphatic carbocycles. The van der Waals surface area contributed by atoms with Crippen molar-refractivity contribution < 1.29 is 10.2 Å². The summed E-state index contributed by atoms with van der Waals surface area (Å²) >= 11 is 0. The number of rotatable bonds is 5. The quantitative estimate of drug-likeness (QED) is 0.571. The van der Waals surface area contributed by atoms with Crippen molar-refractivity contribution in [3.05, 3.63) is 35.4 Å². The molecule has 3 heteroatoms. The van der Waals surface area contributed by atoms with Gasteiger partial charge in [-0.2, -0.15) is 0 Å². The van der Waals surface area contributed by atoms with E-state index in [0.717, 1.165) is 36.9 Å². The molecule has 122 valence electrons. The van der Waals surface area contributed by atoms with Crippen molar-refractivity contribution in [1.82, 2.24) is 5.32 Å². The van der Waals surface area contributed by atoms with Gasteiger partial charge in [-0.05, 0) is 63.2 Å². The second-order valence-electron chi connectivity index (χ2n) is 6.87. The van der Waals surface area contributed by atoms with E-state index in [1.807, 2.05) is 20.0 Å². The molecule has 0 aromatic heterocycles. The first-order valence-electron chi connectivity index (χ1n) is 8.27. The van der Waals surface area contributed by atoms with Gasteiger partial charge in [-0.1, -0.05) is 32.1 Å². The molecule has 3 N–H and O–H groups in total. The standard InChI is InChI=1S/C19H29NO2/c1-13(2)15-7-5-6-10-19(15,11-12-20-4)17-14(3)8-9-16(21)18(17)22/h5,7-9,13,15,20-22H,6,10-12H2,1-4H3. The molecule has 2 unspecified atom stereocenters. The van der Waals surface area contributed by atoms with Crippen LogP contribution in [0.5, 0.6) is 11.5 Å². The van der Waals surface area contributed by atoms with Gasteiger partial charge in [0.05, 0.1) is 0 Å². The number of nitrogens with one attached hydrogen (secondary N) is 1. The van der Waals surface area contributed by atoms with Crippen LogP contribution in [0.2, 0.25) is 0 Å². The van der Waals surface area contributed by atoms with E-state index >= 15 is 0 Å². The zero-order chi connectivity index (χ0) is 16.3. The second kappa shape index (κ2) is 6.74. The highest BCUT2D eigenvalue weighted by atomic mass is 16.3. The minimum absolute atomic E-state index is 0.0125. The van der Waals surface area contributed by atoms with Crippen LogP contribution >= 0.6 is 0 Å². The Morgan fingerprint density at radius 2 is 2.05 bits per heavy atom. The Balaban J connectivity index is 2.64. The first-order valence-corrected chi connectivity index (χ1v) is 8.27. The summed E-state index contributed by atoms with van der Waals surface area (Å²) in [4.78, 5) is 0. The summed E-state index contributed by atoms with van der Waals surface area (Å²) in [5.74, 6) is 0.897. The summed E-state index contributed by atoms with van der Waals surface area (Å²) in [5, 5.41) is 23.9. The van der Waals surface area contributed by atoms with Crippen LogP contribution in [-0.4, -0.2) is 23.8 Å². The Kier molecular flexibility index (Phi) is 5.17. The predicted molar refractivity (Wildman–Crippen MR) is 91.4 cm³/mol. The first-order chi connectivity index (χ1) is 10.4. The Labute approximate surface area is 134 Å². The van der Waals surface area contributed by atoms with Crippen molar-refractivity contribution in [3.63, 3.8) is 0 Å². The van der Waals surface area contributed by atoms with Crippen LogP contribution < -0.4 is 5.32 Å². The van der Waals surface area contributed by atoms with E-state index in [0.29, 0.717) is 11.8 Å². The van der Waals surface area contributed by atoms with Gasteiger partial charge < -0.3 is 15.5 Å². The monoisotopic (exact) mass is 303 g/mol. The number of benzene rings is 1. The SMILES string of the molecule is CNCCC1(c2c(C)ccc(O)c2O)CCC=CC1C(C)C. The van der Waals surface area contributed by atoms with Gasteiger partial charge in [0.25, 0.3) is 0 Å². The molecule has 0 spiro atoms. The average Bonchev–Trinajstić information content (AvgIpc) is 2.49. The maximum absolute atomic E-state index is 10.6. The summed E-state index contributed by atoms with van der Waals surface area (Å²) in [7, 11) is 1.96. The first kappa shape index (κ1) is 16.9. The van der Waals surface area contributed by atoms with Crippen LogP contribution in [0.15, 0.2) is 24.3 Å². The van der Waals surface area contributed by atoms with Crippen molar-refractivity contribution in [1.29, 1.82) is 0 Å². The molecule has 1 aliphatic rings. The van der Waals surface area contributed by atoms with E-state index in [-0.39, 0.29) is 16.9 Å². The van der Waals surface area contributed by atoms with Gasteiger partial charge in [0.1, 0.15) is 0 Å². The van der Waals surface area contributed by atoms with Gasteiger partial charge in [0.15, 0.2) is 11.5 Å². The molecule has 0 heterocycles. The number of aryl methyl sites for hydroxylation is 1. The van der Waals surface area contributed by atoms with Crippen LogP contribution in [0.1, 0.15) is 44.2 Å². The molecule has 2 atom stereocenters. The number of aromatic hydroxyl groups is 2. The van der Waals surface area contributed by atoms with Gasteiger partial charge in [0, 0.05) is 11.0 Å². The lowest BCUT2D eigenvalue weighted by Crippen LogP contribution is -2.41. The maximum atomic E-state index is 10.6. The summed E-state index contributed by atoms with van der Waals surface area (Å²) in [5.41, 5.74) is 1.87. The molecular formula is C19H29NO2. The van der Waals surface area contributed by atoms with Crippen molar-refractivity contribution >= 4 is 0 Å². The number of allylic oxidation sites excluding steroid dienone is 2. The number of phenols is 2. The molecule has 1 aromatic carbocycles. The summed E-state index contributed by atoms with van der Waals surface area (Å²) in [6.45, 7) is 7.41. The lowest BCUT2D eigenvalue weighted by molar-refractivity contribution is 0.202. The number of phenolic OH excluding ortho intramolecular Hbond substituents is 2. The molecular weight excluding hydrogens is 274 g/mol. The van der Waals surface area contributed by atoms with E-state index in [1.165, 1.54) is 0 Å². The van der Waals surface area contributed by atoms with Crippen molar-refractivity contribution in [2.24, 2.45) is 11.8 Å². The fourth-order valence-electron chi connectivity index (χ4n) is 4.16. The Morgan fingerprint density at radius 1 is 1.32 bits per heavy atom. The molecule has 3 nitrogen and oxygen atoms in total. The summed E-state index contributed by atoms with van der Waals surface area (Å²) in [6, 6.07) is 3.50. The maximum Gasteiger partial charge on any atom is 0.161 e. The van der Waals surface area contributed by atoms with Crippen molar-refractivity contribution in [3.8, 4) is 11.5 Å². The van der Waals surface area contributed by atoms with E-state index in [1.54, 1.807) is 6.07 Å². The Hall–Kier alpha value is -1.48. The summed E-state index contributed by atoms with van der Waals surface area (Å²) < 4.78 is 0. The Bertz CT molecular complexity index is 551. The zero-order valence-corrected chi connectivity index (χ0v) is 14.2. The van der Waals surface area contributed by atoms with E-state index in [4.69, 9.17) is 0 Å². The van der Waals surface area contributed by atoms with Crippen LogP contribution in [0.4, 0.5) is 0 Å². The lowest BCUT2D eigenvalue weighted by atomic mass is 9.59. The number of hydrogen-bond donors (Lipinski definition) is 3. The highest BCUT2D eigenvalue weighted by Crippen LogP contribution is 2.52. The van der Waals surface area contributed by atoms with Gasteiger partial charge in [-0.25, -0.2) is 0 Å². The van der Waals surface area contributed by atoms with Crippen LogP contribution in [-0.2, 0) is 5.41 Å². The zero-order valence-electron chi connectivity index (χ0n) is 14.2. The van der Waals surface area contributed by atoms with Crippen molar-refractivity contribution in [2.75, 3.05) is 13.6 Å². The number of hydrogen-bond acceptors (Lipinski definition) is 3. The van der Waals surface area contributed by atoms with Crippen LogP contribution in [0, 0.1) is 18.8 Å². The Morgan fingerprint density at radius 3 is 2.68 bits per heavy atom. The molecule has 0 aliphatic heterocycles. The molecule has 0 bridgehead atoms. The topological polar surface area (TPSA) is 52.5 Å². The largest absolute Gasteiger partial charge is 0.504 e. The van der Waals surface area contributed by atoms with E-state index in [2.05, 4.69) is 31.3 Å². The van der Waals surface area contributed by atoms with Crippen molar-refractivity contribution in [2.45, 2.75) is 45.4 Å². The summed E-state index contributed by atoms with van der Waals surface area (Å²) in [6.07, 6.45) is 7.55. The predicted octanol–water partition coefficient (Wildman–Crippen LogP) is 3.88. The molecule has 0 saturated carbocycles. The van der Waals surface area contributed by atoms with Gasteiger partial charge in [-0.15, -0.1) is 0 Å². The highest BCUT2D eigenvalue weighted by molar-refractivity contribution is 5.53. The second-order valence-corrected chi connectivity index (χ2v) is 6.87. The van der Waals surface area contributed by atoms with E-state index < -0.39 is 0 Å². The molecule has 0 fully saturated rings. The smallest absolute Gasteiger partial charge is 0.161 e. The minimum Gasteiger partial charge on any atom is -0.504 e. The third-order valence-electron chi connectivity index (χ3n) is 5.14. The van der Waals surface area contributed by atoms with Gasteiger partial charge in [-0.3, -0.25) is 0 Å². The third-order valence-corrected chi connectivity index (χ3v) is 5.14. The lowest BCUT2D eigenvalue weighted by Gasteiger charge is -2.45. The molecule has 0 radical (unpaired) electrons. The van der Waals surface area contributed by atoms with Gasteiger partial charge >= 0.3 is 0 Å². The van der Waals surface area contributed by atoms with Gasteiger partial charge in [0.2, 0.25) is 0 Å². The van der Waals surface area contributed by atoms with Crippen LogP contribution in [0.25, 0.3) is 0 Å². The highest BCUT2D eigenvalue weighted by Gasteiger charge is 2.44. The molecule has 0 saturated heterocycles. The molecule has 1 aromatic rings. The molecule has 2 rings (SSSR count).